The van der Waals surface area contributed by atoms with E-state index in [1.54, 1.807) is 11.3 Å². The lowest BCUT2D eigenvalue weighted by Crippen LogP contribution is -2.38. The summed E-state index contributed by atoms with van der Waals surface area (Å²) in [6.45, 7) is 2.28. The second-order valence-electron chi connectivity index (χ2n) is 6.27. The second kappa shape index (κ2) is 5.92. The van der Waals surface area contributed by atoms with Gasteiger partial charge >= 0.3 is 6.03 Å². The van der Waals surface area contributed by atoms with Crippen molar-refractivity contribution in [1.82, 2.24) is 25.8 Å². The maximum absolute atomic E-state index is 12.2. The average molecular weight is 333 g/mol. The van der Waals surface area contributed by atoms with Crippen LogP contribution in [-0.4, -0.2) is 21.2 Å². The van der Waals surface area contributed by atoms with Crippen LogP contribution in [0.15, 0.2) is 10.7 Å². The van der Waals surface area contributed by atoms with E-state index in [2.05, 4.69) is 25.8 Å². The van der Waals surface area contributed by atoms with E-state index in [4.69, 9.17) is 4.52 Å². The highest BCUT2D eigenvalue weighted by Gasteiger charge is 2.35. The highest BCUT2D eigenvalue weighted by molar-refractivity contribution is 7.11. The molecular weight excluding hydrogens is 314 g/mol. The first-order valence-corrected chi connectivity index (χ1v) is 8.80. The minimum absolute atomic E-state index is 0.00147. The van der Waals surface area contributed by atoms with E-state index in [9.17, 15) is 4.79 Å². The number of carbonyl (C=O) groups excluding carboxylic acids is 1. The number of hydrogen-bond donors (Lipinski definition) is 2. The maximum atomic E-state index is 12.2. The summed E-state index contributed by atoms with van der Waals surface area (Å²) in [4.78, 5) is 22.0. The zero-order valence-corrected chi connectivity index (χ0v) is 13.7. The molecule has 2 heterocycles. The Morgan fingerprint density at radius 2 is 2.26 bits per heavy atom. The number of aryl methyl sites for hydroxylation is 1. The minimum Gasteiger partial charge on any atom is -0.337 e. The van der Waals surface area contributed by atoms with E-state index in [1.165, 1.54) is 0 Å². The molecule has 0 aliphatic heterocycles. The lowest BCUT2D eigenvalue weighted by molar-refractivity contribution is 0.233. The largest absolute Gasteiger partial charge is 0.337 e. The van der Waals surface area contributed by atoms with Gasteiger partial charge in [0.15, 0.2) is 5.82 Å². The molecule has 2 fully saturated rings. The molecule has 0 spiro atoms. The molecule has 2 amide bonds. The van der Waals surface area contributed by atoms with Crippen LogP contribution in [0.25, 0.3) is 0 Å². The van der Waals surface area contributed by atoms with Gasteiger partial charge < -0.3 is 15.2 Å². The van der Waals surface area contributed by atoms with Gasteiger partial charge in [-0.15, -0.1) is 11.3 Å². The Hall–Kier alpha value is -1.96. The number of urea groups is 1. The van der Waals surface area contributed by atoms with Gasteiger partial charge in [-0.2, -0.15) is 4.98 Å². The Balaban J connectivity index is 1.32. The predicted molar refractivity (Wildman–Crippen MR) is 84.0 cm³/mol. The van der Waals surface area contributed by atoms with Crippen LogP contribution >= 0.6 is 11.3 Å². The Morgan fingerprint density at radius 3 is 2.91 bits per heavy atom. The van der Waals surface area contributed by atoms with Gasteiger partial charge in [-0.05, 0) is 38.5 Å². The summed E-state index contributed by atoms with van der Waals surface area (Å²) in [7, 11) is 0. The van der Waals surface area contributed by atoms with Crippen molar-refractivity contribution in [2.45, 2.75) is 51.1 Å². The molecule has 2 aromatic heterocycles. The van der Waals surface area contributed by atoms with Crippen LogP contribution in [0.1, 0.15) is 59.2 Å². The molecule has 2 N–H and O–H groups in total. The van der Waals surface area contributed by atoms with Crippen molar-refractivity contribution in [3.05, 3.63) is 27.8 Å². The van der Waals surface area contributed by atoms with Gasteiger partial charge in [0.1, 0.15) is 5.01 Å². The van der Waals surface area contributed by atoms with Crippen molar-refractivity contribution in [1.29, 1.82) is 0 Å². The summed E-state index contributed by atoms with van der Waals surface area (Å²) >= 11 is 1.64. The summed E-state index contributed by atoms with van der Waals surface area (Å²) in [6.07, 6.45) is 6.38. The Kier molecular flexibility index (Phi) is 3.76. The van der Waals surface area contributed by atoms with Crippen LogP contribution < -0.4 is 10.6 Å². The normalized spacial score (nSPS) is 18.7. The lowest BCUT2D eigenvalue weighted by atomic mass is 10.2. The Labute approximate surface area is 137 Å². The molecule has 2 aliphatic carbocycles. The lowest BCUT2D eigenvalue weighted by Gasteiger charge is -2.15. The second-order valence-corrected chi connectivity index (χ2v) is 7.54. The van der Waals surface area contributed by atoms with Crippen molar-refractivity contribution in [2.24, 2.45) is 5.92 Å². The first-order chi connectivity index (χ1) is 11.2. The van der Waals surface area contributed by atoms with E-state index < -0.39 is 0 Å². The number of rotatable bonds is 6. The highest BCUT2D eigenvalue weighted by atomic mass is 32.1. The molecule has 0 radical (unpaired) electrons. The SMILES string of the molecule is Cc1cnc(C(NC(=O)NCc2nc(C3CC3)no2)C2CC2)s1. The molecule has 0 saturated heterocycles. The number of aromatic nitrogens is 3. The molecule has 2 aromatic rings. The highest BCUT2D eigenvalue weighted by Crippen LogP contribution is 2.42. The summed E-state index contributed by atoms with van der Waals surface area (Å²) in [6, 6.07) is -0.223. The summed E-state index contributed by atoms with van der Waals surface area (Å²) in [5, 5.41) is 10.7. The number of hydrogen-bond acceptors (Lipinski definition) is 6. The Morgan fingerprint density at radius 1 is 1.43 bits per heavy atom. The molecule has 0 aromatic carbocycles. The molecule has 2 saturated carbocycles. The van der Waals surface area contributed by atoms with Crippen molar-refractivity contribution in [3.8, 4) is 0 Å². The van der Waals surface area contributed by atoms with Crippen molar-refractivity contribution < 1.29 is 9.32 Å². The third kappa shape index (κ3) is 3.52. The molecule has 23 heavy (non-hydrogen) atoms. The van der Waals surface area contributed by atoms with Crippen LogP contribution in [-0.2, 0) is 6.54 Å². The van der Waals surface area contributed by atoms with Crippen LogP contribution in [0.3, 0.4) is 0 Å². The molecule has 4 rings (SSSR count). The Bertz CT molecular complexity index is 704. The quantitative estimate of drug-likeness (QED) is 0.848. The molecular formula is C15H19N5O2S. The van der Waals surface area contributed by atoms with E-state index in [0.717, 1.165) is 41.4 Å². The summed E-state index contributed by atoms with van der Waals surface area (Å²) in [5.74, 6) is 2.16. The first-order valence-electron chi connectivity index (χ1n) is 7.98. The fourth-order valence-corrected chi connectivity index (χ4v) is 3.44. The molecule has 0 bridgehead atoms. The van der Waals surface area contributed by atoms with Crippen LogP contribution in [0, 0.1) is 12.8 Å². The van der Waals surface area contributed by atoms with Gasteiger partial charge in [-0.1, -0.05) is 5.16 Å². The van der Waals surface area contributed by atoms with Gasteiger partial charge in [-0.3, -0.25) is 0 Å². The predicted octanol–water partition coefficient (Wildman–Crippen LogP) is 2.66. The number of thiazole rings is 1. The van der Waals surface area contributed by atoms with Gasteiger partial charge in [0.2, 0.25) is 5.89 Å². The minimum atomic E-state index is -0.221. The third-order valence-electron chi connectivity index (χ3n) is 4.11. The zero-order chi connectivity index (χ0) is 15.8. The topological polar surface area (TPSA) is 92.9 Å². The van der Waals surface area contributed by atoms with E-state index in [0.29, 0.717) is 17.7 Å². The smallest absolute Gasteiger partial charge is 0.315 e. The maximum Gasteiger partial charge on any atom is 0.315 e. The van der Waals surface area contributed by atoms with Crippen molar-refractivity contribution >= 4 is 17.4 Å². The number of carbonyl (C=O) groups is 1. The van der Waals surface area contributed by atoms with Gasteiger partial charge in [0.25, 0.3) is 0 Å². The van der Waals surface area contributed by atoms with E-state index >= 15 is 0 Å². The number of nitrogens with zero attached hydrogens (tertiary/aromatic N) is 3. The monoisotopic (exact) mass is 333 g/mol. The van der Waals surface area contributed by atoms with Gasteiger partial charge in [0.05, 0.1) is 12.6 Å². The van der Waals surface area contributed by atoms with E-state index in [1.807, 2.05) is 13.1 Å². The summed E-state index contributed by atoms with van der Waals surface area (Å²) < 4.78 is 5.16. The standard InChI is InChI=1S/C15H19N5O2S/c1-8-6-16-14(23-8)12(9-2-3-9)19-15(21)17-7-11-18-13(20-22-11)10-4-5-10/h6,9-10,12H,2-5,7H2,1H3,(H2,17,19,21). The fourth-order valence-electron chi connectivity index (χ4n) is 2.52. The van der Waals surface area contributed by atoms with Gasteiger partial charge in [0, 0.05) is 17.0 Å². The molecule has 1 atom stereocenters. The zero-order valence-electron chi connectivity index (χ0n) is 12.9. The summed E-state index contributed by atoms with van der Waals surface area (Å²) in [5.41, 5.74) is 0. The third-order valence-corrected chi connectivity index (χ3v) is 5.11. The average Bonchev–Trinajstić information content (AvgIpc) is 3.46. The van der Waals surface area contributed by atoms with Crippen LogP contribution in [0.5, 0.6) is 0 Å². The molecule has 2 aliphatic rings. The van der Waals surface area contributed by atoms with E-state index in [-0.39, 0.29) is 18.6 Å². The van der Waals surface area contributed by atoms with Gasteiger partial charge in [-0.25, -0.2) is 9.78 Å². The first kappa shape index (κ1) is 14.6. The number of nitrogens with one attached hydrogen (secondary N) is 2. The van der Waals surface area contributed by atoms with Crippen LogP contribution in [0.4, 0.5) is 4.79 Å². The molecule has 8 heteroatoms. The van der Waals surface area contributed by atoms with Crippen LogP contribution in [0.2, 0.25) is 0 Å². The molecule has 7 nitrogen and oxygen atoms in total. The molecule has 122 valence electrons. The number of amides is 2. The molecule has 1 unspecified atom stereocenters. The fraction of sp³-hybridized carbons (Fsp3) is 0.600. The van der Waals surface area contributed by atoms with Crippen molar-refractivity contribution in [3.63, 3.8) is 0 Å². The van der Waals surface area contributed by atoms with Crippen molar-refractivity contribution in [2.75, 3.05) is 0 Å².